The number of hydrogen-bond donors (Lipinski definition) is 1. The molecule has 1 N–H and O–H groups in total. The zero-order valence-corrected chi connectivity index (χ0v) is 17.8. The number of aliphatic hydroxyl groups excluding tert-OH is 1. The van der Waals surface area contributed by atoms with Crippen LogP contribution in [0.4, 0.5) is 0 Å². The Hall–Kier alpha value is 0.620. The van der Waals surface area contributed by atoms with Crippen LogP contribution < -0.4 is 0 Å². The molecule has 0 amide bonds. The molecule has 0 radical (unpaired) electrons. The molecular formula is C20H28Br2O2. The van der Waals surface area contributed by atoms with E-state index in [9.17, 15) is 5.11 Å². The van der Waals surface area contributed by atoms with Crippen LogP contribution in [-0.4, -0.2) is 27.2 Å². The van der Waals surface area contributed by atoms with E-state index in [-0.39, 0.29) is 20.4 Å². The first-order chi connectivity index (χ1) is 11.4. The topological polar surface area (TPSA) is 29.5 Å². The molecule has 0 heterocycles. The molecule has 0 aromatic heterocycles. The van der Waals surface area contributed by atoms with E-state index >= 15 is 0 Å². The number of aliphatic hydroxyl groups is 1. The molecule has 3 saturated carbocycles. The predicted octanol–water partition coefficient (Wildman–Crippen LogP) is 5.18. The molecule has 0 aromatic rings. The average molecular weight is 460 g/mol. The van der Waals surface area contributed by atoms with E-state index in [1.54, 1.807) is 11.1 Å². The lowest BCUT2D eigenvalue weighted by molar-refractivity contribution is -0.0335. The third-order valence-corrected chi connectivity index (χ3v) is 11.0. The van der Waals surface area contributed by atoms with E-state index in [1.807, 2.05) is 7.11 Å². The number of allylic oxidation sites excluding steroid dienone is 1. The summed E-state index contributed by atoms with van der Waals surface area (Å²) in [7, 11) is 1.88. The standard InChI is InChI=1S/C20H28Br2O2/c1-18-9-7-11-12-8-10-19(24-2)17(20(19,21)22)14(12)4-3-13(11)15(18)5-6-16(18)23/h11,13,15-17,23H,3-10H2,1-2H3/t11-,13-,15+,16+,17?,18+,19?/m1/s1. The summed E-state index contributed by atoms with van der Waals surface area (Å²) in [5.41, 5.74) is 3.66. The third-order valence-electron chi connectivity index (χ3n) is 8.78. The second-order valence-electron chi connectivity index (χ2n) is 9.25. The van der Waals surface area contributed by atoms with Crippen molar-refractivity contribution in [1.29, 1.82) is 0 Å². The molecule has 134 valence electrons. The van der Waals surface area contributed by atoms with E-state index in [1.165, 1.54) is 38.5 Å². The molecule has 2 nitrogen and oxygen atoms in total. The number of hydrogen-bond acceptors (Lipinski definition) is 2. The van der Waals surface area contributed by atoms with Gasteiger partial charge in [0.2, 0.25) is 0 Å². The molecule has 3 fully saturated rings. The van der Waals surface area contributed by atoms with E-state index in [0.717, 1.165) is 30.6 Å². The van der Waals surface area contributed by atoms with Gasteiger partial charge in [-0.1, -0.05) is 49.9 Å². The van der Waals surface area contributed by atoms with Crippen molar-refractivity contribution in [2.24, 2.45) is 29.1 Å². The zero-order valence-electron chi connectivity index (χ0n) is 14.7. The van der Waals surface area contributed by atoms with Gasteiger partial charge < -0.3 is 9.84 Å². The second-order valence-corrected chi connectivity index (χ2v) is 12.8. The lowest BCUT2D eigenvalue weighted by atomic mass is 9.54. The quantitative estimate of drug-likeness (QED) is 0.432. The molecular weight excluding hydrogens is 432 g/mol. The Morgan fingerprint density at radius 3 is 2.58 bits per heavy atom. The minimum Gasteiger partial charge on any atom is -0.393 e. The minimum atomic E-state index is -0.0625. The van der Waals surface area contributed by atoms with Crippen LogP contribution in [-0.2, 0) is 4.74 Å². The van der Waals surface area contributed by atoms with Crippen molar-refractivity contribution in [3.63, 3.8) is 0 Å². The Morgan fingerprint density at radius 1 is 1.04 bits per heavy atom. The number of methoxy groups -OCH3 is 1. The van der Waals surface area contributed by atoms with Crippen LogP contribution in [0.2, 0.25) is 0 Å². The van der Waals surface area contributed by atoms with E-state index in [4.69, 9.17) is 4.74 Å². The van der Waals surface area contributed by atoms with Gasteiger partial charge in [-0.2, -0.15) is 0 Å². The second kappa shape index (κ2) is 5.11. The Labute approximate surface area is 162 Å². The first kappa shape index (κ1) is 16.8. The van der Waals surface area contributed by atoms with Crippen LogP contribution in [0.3, 0.4) is 0 Å². The molecule has 2 unspecified atom stereocenters. The lowest BCUT2D eigenvalue weighted by Gasteiger charge is -2.51. The van der Waals surface area contributed by atoms with Gasteiger partial charge in [-0.05, 0) is 74.5 Å². The van der Waals surface area contributed by atoms with E-state index < -0.39 is 0 Å². The largest absolute Gasteiger partial charge is 0.393 e. The Balaban J connectivity index is 1.49. The summed E-state index contributed by atoms with van der Waals surface area (Å²) in [6.07, 6.45) is 9.63. The monoisotopic (exact) mass is 458 g/mol. The smallest absolute Gasteiger partial charge is 0.119 e. The van der Waals surface area contributed by atoms with Gasteiger partial charge in [0.05, 0.1) is 6.10 Å². The molecule has 24 heavy (non-hydrogen) atoms. The van der Waals surface area contributed by atoms with Crippen molar-refractivity contribution in [2.45, 2.75) is 73.2 Å². The van der Waals surface area contributed by atoms with Crippen LogP contribution in [0.5, 0.6) is 0 Å². The molecule has 0 spiro atoms. The number of rotatable bonds is 1. The summed E-state index contributed by atoms with van der Waals surface area (Å²) in [6, 6.07) is 0. The summed E-state index contributed by atoms with van der Waals surface area (Å²) in [5, 5.41) is 10.5. The zero-order chi connectivity index (χ0) is 16.9. The summed E-state index contributed by atoms with van der Waals surface area (Å²) in [6.45, 7) is 2.37. The molecule has 0 bridgehead atoms. The number of ether oxygens (including phenoxy) is 1. The van der Waals surface area contributed by atoms with Gasteiger partial charge in [0.25, 0.3) is 0 Å². The SMILES string of the molecule is COC12CCC3=C(CC[C@@H]4[C@@H]3CC[C@]3(C)[C@@H](O)CC[C@@H]43)C1C2(Br)Br. The number of halogens is 2. The molecule has 0 aromatic carbocycles. The van der Waals surface area contributed by atoms with Crippen molar-refractivity contribution < 1.29 is 9.84 Å². The molecule has 0 aliphatic heterocycles. The van der Waals surface area contributed by atoms with Crippen LogP contribution in [0.15, 0.2) is 11.1 Å². The summed E-state index contributed by atoms with van der Waals surface area (Å²) >= 11 is 7.87. The summed E-state index contributed by atoms with van der Waals surface area (Å²) in [4.78, 5) is 0. The van der Waals surface area contributed by atoms with Gasteiger partial charge in [0, 0.05) is 13.0 Å². The highest BCUT2D eigenvalue weighted by Gasteiger charge is 2.78. The van der Waals surface area contributed by atoms with Gasteiger partial charge in [0.15, 0.2) is 0 Å². The van der Waals surface area contributed by atoms with Crippen molar-refractivity contribution in [3.05, 3.63) is 11.1 Å². The number of fused-ring (bicyclic) bond motifs is 6. The van der Waals surface area contributed by atoms with Gasteiger partial charge >= 0.3 is 0 Å². The molecule has 0 saturated heterocycles. The van der Waals surface area contributed by atoms with Crippen molar-refractivity contribution in [1.82, 2.24) is 0 Å². The highest BCUT2D eigenvalue weighted by Crippen LogP contribution is 2.76. The molecule has 7 atom stereocenters. The fourth-order valence-corrected chi connectivity index (χ4v) is 9.65. The first-order valence-electron chi connectivity index (χ1n) is 9.69. The predicted molar refractivity (Wildman–Crippen MR) is 102 cm³/mol. The summed E-state index contributed by atoms with van der Waals surface area (Å²) in [5.74, 6) is 2.85. The van der Waals surface area contributed by atoms with Crippen LogP contribution in [0.1, 0.15) is 58.3 Å². The van der Waals surface area contributed by atoms with Crippen molar-refractivity contribution >= 4 is 31.9 Å². The lowest BCUT2D eigenvalue weighted by Crippen LogP contribution is -2.45. The average Bonchev–Trinajstić information content (AvgIpc) is 2.92. The van der Waals surface area contributed by atoms with Crippen LogP contribution in [0, 0.1) is 29.1 Å². The third kappa shape index (κ3) is 1.80. The Kier molecular flexibility index (Phi) is 3.57. The molecule has 5 rings (SSSR count). The Morgan fingerprint density at radius 2 is 1.83 bits per heavy atom. The maximum absolute atomic E-state index is 10.5. The van der Waals surface area contributed by atoms with Gasteiger partial charge in [-0.25, -0.2) is 0 Å². The maximum Gasteiger partial charge on any atom is 0.119 e. The number of alkyl halides is 2. The van der Waals surface area contributed by atoms with Crippen molar-refractivity contribution in [3.8, 4) is 0 Å². The highest BCUT2D eigenvalue weighted by molar-refractivity contribution is 9.25. The van der Waals surface area contributed by atoms with Crippen LogP contribution in [0.25, 0.3) is 0 Å². The van der Waals surface area contributed by atoms with Crippen LogP contribution >= 0.6 is 31.9 Å². The fraction of sp³-hybridized carbons (Fsp3) is 0.900. The maximum atomic E-state index is 10.5. The molecule has 4 heteroatoms. The van der Waals surface area contributed by atoms with Crippen molar-refractivity contribution in [2.75, 3.05) is 7.11 Å². The Bertz CT molecular complexity index is 615. The fourth-order valence-electron chi connectivity index (χ4n) is 7.41. The summed E-state index contributed by atoms with van der Waals surface area (Å²) < 4.78 is 5.95. The van der Waals surface area contributed by atoms with E-state index in [2.05, 4.69) is 38.8 Å². The van der Waals surface area contributed by atoms with E-state index in [0.29, 0.717) is 5.92 Å². The molecule has 5 aliphatic rings. The normalized spacial score (nSPS) is 54.6. The van der Waals surface area contributed by atoms with Gasteiger partial charge in [0.1, 0.15) is 8.83 Å². The van der Waals surface area contributed by atoms with Gasteiger partial charge in [-0.15, -0.1) is 0 Å². The van der Waals surface area contributed by atoms with Gasteiger partial charge in [-0.3, -0.25) is 0 Å². The first-order valence-corrected chi connectivity index (χ1v) is 11.3. The minimum absolute atomic E-state index is 0.0224. The highest BCUT2D eigenvalue weighted by atomic mass is 79.9. The molecule has 5 aliphatic carbocycles.